The predicted octanol–water partition coefficient (Wildman–Crippen LogP) is 1.48. The maximum absolute atomic E-state index is 11.9. The third kappa shape index (κ3) is 3.81. The third-order valence-corrected chi connectivity index (χ3v) is 3.28. The SMILES string of the molecule is Cc1ccc(CCNC(=O)C2CCOCC2)cn1. The molecule has 0 atom stereocenters. The first kappa shape index (κ1) is 13.0. The van der Waals surface area contributed by atoms with Crippen LogP contribution in [0.15, 0.2) is 18.3 Å². The molecule has 1 N–H and O–H groups in total. The summed E-state index contributed by atoms with van der Waals surface area (Å²) in [5.41, 5.74) is 2.18. The average Bonchev–Trinajstić information content (AvgIpc) is 2.42. The molecular weight excluding hydrogens is 228 g/mol. The Bertz CT molecular complexity index is 383. The second kappa shape index (κ2) is 6.50. The first-order valence-electron chi connectivity index (χ1n) is 6.52. The van der Waals surface area contributed by atoms with Crippen LogP contribution < -0.4 is 5.32 Å². The van der Waals surface area contributed by atoms with Crippen molar-refractivity contribution in [2.45, 2.75) is 26.2 Å². The Morgan fingerprint density at radius 3 is 2.89 bits per heavy atom. The number of nitrogens with one attached hydrogen (secondary N) is 1. The first-order valence-corrected chi connectivity index (χ1v) is 6.52. The summed E-state index contributed by atoms with van der Waals surface area (Å²) in [6, 6.07) is 4.05. The lowest BCUT2D eigenvalue weighted by Gasteiger charge is -2.21. The predicted molar refractivity (Wildman–Crippen MR) is 69.2 cm³/mol. The molecule has 18 heavy (non-hydrogen) atoms. The van der Waals surface area contributed by atoms with Crippen LogP contribution in [-0.2, 0) is 16.0 Å². The summed E-state index contributed by atoms with van der Waals surface area (Å²) in [5, 5.41) is 2.99. The summed E-state index contributed by atoms with van der Waals surface area (Å²) in [4.78, 5) is 16.1. The highest BCUT2D eigenvalue weighted by Crippen LogP contribution is 2.14. The molecule has 1 aliphatic heterocycles. The van der Waals surface area contributed by atoms with Crippen LogP contribution >= 0.6 is 0 Å². The van der Waals surface area contributed by atoms with Gasteiger partial charge in [0.05, 0.1) is 0 Å². The van der Waals surface area contributed by atoms with E-state index in [1.807, 2.05) is 19.2 Å². The van der Waals surface area contributed by atoms with Crippen molar-refractivity contribution < 1.29 is 9.53 Å². The average molecular weight is 248 g/mol. The molecule has 1 fully saturated rings. The summed E-state index contributed by atoms with van der Waals surface area (Å²) in [6.45, 7) is 4.07. The van der Waals surface area contributed by atoms with Gasteiger partial charge in [-0.2, -0.15) is 0 Å². The van der Waals surface area contributed by atoms with Crippen LogP contribution in [0.2, 0.25) is 0 Å². The molecule has 98 valence electrons. The summed E-state index contributed by atoms with van der Waals surface area (Å²) >= 11 is 0. The second-order valence-electron chi connectivity index (χ2n) is 4.74. The molecule has 0 aromatic carbocycles. The summed E-state index contributed by atoms with van der Waals surface area (Å²) in [7, 11) is 0. The van der Waals surface area contributed by atoms with Crippen molar-refractivity contribution in [1.82, 2.24) is 10.3 Å². The molecule has 1 aromatic rings. The van der Waals surface area contributed by atoms with Crippen molar-refractivity contribution in [3.8, 4) is 0 Å². The first-order chi connectivity index (χ1) is 8.75. The molecule has 0 spiro atoms. The van der Waals surface area contributed by atoms with Gasteiger partial charge in [-0.25, -0.2) is 0 Å². The van der Waals surface area contributed by atoms with Crippen LogP contribution in [0.3, 0.4) is 0 Å². The van der Waals surface area contributed by atoms with E-state index in [-0.39, 0.29) is 11.8 Å². The van der Waals surface area contributed by atoms with E-state index in [9.17, 15) is 4.79 Å². The number of carbonyl (C=O) groups excluding carboxylic acids is 1. The van der Waals surface area contributed by atoms with E-state index in [1.165, 1.54) is 0 Å². The van der Waals surface area contributed by atoms with E-state index in [2.05, 4.69) is 16.4 Å². The van der Waals surface area contributed by atoms with Gasteiger partial charge in [-0.3, -0.25) is 9.78 Å². The second-order valence-corrected chi connectivity index (χ2v) is 4.74. The molecule has 1 aliphatic rings. The van der Waals surface area contributed by atoms with Gasteiger partial charge in [-0.05, 0) is 37.8 Å². The van der Waals surface area contributed by atoms with Gasteiger partial charge in [0, 0.05) is 37.6 Å². The van der Waals surface area contributed by atoms with E-state index >= 15 is 0 Å². The Morgan fingerprint density at radius 2 is 2.22 bits per heavy atom. The fourth-order valence-corrected chi connectivity index (χ4v) is 2.08. The maximum Gasteiger partial charge on any atom is 0.223 e. The molecule has 1 aromatic heterocycles. The van der Waals surface area contributed by atoms with E-state index in [0.29, 0.717) is 19.8 Å². The monoisotopic (exact) mass is 248 g/mol. The quantitative estimate of drug-likeness (QED) is 0.878. The van der Waals surface area contributed by atoms with Crippen LogP contribution in [0.4, 0.5) is 0 Å². The summed E-state index contributed by atoms with van der Waals surface area (Å²) in [6.07, 6.45) is 4.40. The highest BCUT2D eigenvalue weighted by molar-refractivity contribution is 5.78. The molecule has 4 nitrogen and oxygen atoms in total. The van der Waals surface area contributed by atoms with E-state index in [1.54, 1.807) is 0 Å². The standard InChI is InChI=1S/C14H20N2O2/c1-11-2-3-12(10-16-11)4-7-15-14(17)13-5-8-18-9-6-13/h2-3,10,13H,4-9H2,1H3,(H,15,17). The van der Waals surface area contributed by atoms with Crippen molar-refractivity contribution in [3.05, 3.63) is 29.6 Å². The van der Waals surface area contributed by atoms with Crippen LogP contribution in [0, 0.1) is 12.8 Å². The molecule has 0 aliphatic carbocycles. The number of amides is 1. The van der Waals surface area contributed by atoms with Crippen molar-refractivity contribution in [3.63, 3.8) is 0 Å². The fourth-order valence-electron chi connectivity index (χ4n) is 2.08. The smallest absolute Gasteiger partial charge is 0.223 e. The molecule has 1 saturated heterocycles. The zero-order chi connectivity index (χ0) is 12.8. The van der Waals surface area contributed by atoms with Crippen molar-refractivity contribution in [2.75, 3.05) is 19.8 Å². The normalized spacial score (nSPS) is 16.5. The Kier molecular flexibility index (Phi) is 4.70. The van der Waals surface area contributed by atoms with Crippen molar-refractivity contribution in [1.29, 1.82) is 0 Å². The number of ether oxygens (including phenoxy) is 1. The number of pyridine rings is 1. The largest absolute Gasteiger partial charge is 0.381 e. The molecule has 0 bridgehead atoms. The van der Waals surface area contributed by atoms with E-state index in [0.717, 1.165) is 30.5 Å². The van der Waals surface area contributed by atoms with Crippen LogP contribution in [-0.4, -0.2) is 30.6 Å². The van der Waals surface area contributed by atoms with Crippen LogP contribution in [0.5, 0.6) is 0 Å². The van der Waals surface area contributed by atoms with E-state index in [4.69, 9.17) is 4.74 Å². The number of aryl methyl sites for hydroxylation is 1. The number of hydrogen-bond donors (Lipinski definition) is 1. The number of aromatic nitrogens is 1. The lowest BCUT2D eigenvalue weighted by atomic mass is 9.99. The molecule has 2 heterocycles. The maximum atomic E-state index is 11.9. The molecule has 0 saturated carbocycles. The van der Waals surface area contributed by atoms with Crippen molar-refractivity contribution in [2.24, 2.45) is 5.92 Å². The highest BCUT2D eigenvalue weighted by atomic mass is 16.5. The molecule has 4 heteroatoms. The van der Waals surface area contributed by atoms with Gasteiger partial charge in [-0.15, -0.1) is 0 Å². The third-order valence-electron chi connectivity index (χ3n) is 3.28. The minimum absolute atomic E-state index is 0.134. The van der Waals surface area contributed by atoms with Gasteiger partial charge < -0.3 is 10.1 Å². The number of hydrogen-bond acceptors (Lipinski definition) is 3. The Labute approximate surface area is 108 Å². The topological polar surface area (TPSA) is 51.2 Å². The number of nitrogens with zero attached hydrogens (tertiary/aromatic N) is 1. The molecule has 0 unspecified atom stereocenters. The Balaban J connectivity index is 1.71. The minimum atomic E-state index is 0.134. The Morgan fingerprint density at radius 1 is 1.44 bits per heavy atom. The summed E-state index contributed by atoms with van der Waals surface area (Å²) in [5.74, 6) is 0.299. The highest BCUT2D eigenvalue weighted by Gasteiger charge is 2.20. The van der Waals surface area contributed by atoms with Crippen LogP contribution in [0.25, 0.3) is 0 Å². The van der Waals surface area contributed by atoms with Gasteiger partial charge >= 0.3 is 0 Å². The summed E-state index contributed by atoms with van der Waals surface area (Å²) < 4.78 is 5.25. The lowest BCUT2D eigenvalue weighted by Crippen LogP contribution is -2.35. The zero-order valence-corrected chi connectivity index (χ0v) is 10.8. The van der Waals surface area contributed by atoms with Crippen LogP contribution in [0.1, 0.15) is 24.1 Å². The van der Waals surface area contributed by atoms with Gasteiger partial charge in [0.15, 0.2) is 0 Å². The molecular formula is C14H20N2O2. The van der Waals surface area contributed by atoms with Gasteiger partial charge in [0.25, 0.3) is 0 Å². The minimum Gasteiger partial charge on any atom is -0.381 e. The van der Waals surface area contributed by atoms with E-state index < -0.39 is 0 Å². The van der Waals surface area contributed by atoms with Gasteiger partial charge in [-0.1, -0.05) is 6.07 Å². The lowest BCUT2D eigenvalue weighted by molar-refractivity contribution is -0.127. The molecule has 2 rings (SSSR count). The molecule has 0 radical (unpaired) electrons. The zero-order valence-electron chi connectivity index (χ0n) is 10.8. The molecule has 1 amide bonds. The fraction of sp³-hybridized carbons (Fsp3) is 0.571. The van der Waals surface area contributed by atoms with Gasteiger partial charge in [0.1, 0.15) is 0 Å². The van der Waals surface area contributed by atoms with Crippen molar-refractivity contribution >= 4 is 5.91 Å². The number of carbonyl (C=O) groups is 1. The number of rotatable bonds is 4. The Hall–Kier alpha value is -1.42. The van der Waals surface area contributed by atoms with Gasteiger partial charge in [0.2, 0.25) is 5.91 Å².